The van der Waals surface area contributed by atoms with Crippen LogP contribution in [0.1, 0.15) is 55.7 Å². The summed E-state index contributed by atoms with van der Waals surface area (Å²) in [6.07, 6.45) is 11.8. The van der Waals surface area contributed by atoms with Gasteiger partial charge in [0.15, 0.2) is 5.82 Å². The standard InChI is InChI=1S/C25H27N9O2S/c1-4-16(2)22-23(26)18(6-5-17-11-29-33(3)14-17)12-28-25(22)32-21-9-10-27-24(31-21)19-13-30-34(15-19)37(35,36)20-7-8-20/h9-16,20H,4,7-8H2,1-3H3,(H3,26,27,28,31,32). The van der Waals surface area contributed by atoms with Gasteiger partial charge in [-0.3, -0.25) is 4.68 Å². The van der Waals surface area contributed by atoms with E-state index in [1.54, 1.807) is 29.3 Å². The molecule has 3 N–H and O–H groups in total. The van der Waals surface area contributed by atoms with Crippen molar-refractivity contribution in [3.63, 3.8) is 0 Å². The molecule has 190 valence electrons. The second-order valence-corrected chi connectivity index (χ2v) is 11.1. The monoisotopic (exact) mass is 517 g/mol. The lowest BCUT2D eigenvalue weighted by Crippen LogP contribution is -2.17. The molecule has 0 radical (unpaired) electrons. The molecule has 0 amide bonds. The minimum atomic E-state index is -3.47. The first-order chi connectivity index (χ1) is 17.8. The van der Waals surface area contributed by atoms with Crippen LogP contribution in [0.5, 0.6) is 0 Å². The summed E-state index contributed by atoms with van der Waals surface area (Å²) in [6.45, 7) is 4.16. The number of nitrogens with two attached hydrogens (primary N) is 1. The van der Waals surface area contributed by atoms with Crippen LogP contribution >= 0.6 is 0 Å². The van der Waals surface area contributed by atoms with E-state index in [9.17, 15) is 8.42 Å². The van der Waals surface area contributed by atoms with Crippen LogP contribution in [0.15, 0.2) is 43.2 Å². The molecule has 1 fully saturated rings. The molecule has 4 aromatic heterocycles. The molecule has 1 saturated carbocycles. The van der Waals surface area contributed by atoms with Gasteiger partial charge in [-0.25, -0.2) is 23.4 Å². The van der Waals surface area contributed by atoms with Crippen molar-refractivity contribution in [3.8, 4) is 23.2 Å². The summed E-state index contributed by atoms with van der Waals surface area (Å²) in [5, 5.41) is 11.1. The maximum Gasteiger partial charge on any atom is 0.256 e. The van der Waals surface area contributed by atoms with Crippen LogP contribution in [0.2, 0.25) is 0 Å². The zero-order valence-electron chi connectivity index (χ0n) is 20.8. The number of hydrogen-bond donors (Lipinski definition) is 2. The molecule has 12 heteroatoms. The Labute approximate surface area is 215 Å². The second-order valence-electron chi connectivity index (χ2n) is 9.05. The van der Waals surface area contributed by atoms with Crippen molar-refractivity contribution in [2.24, 2.45) is 7.05 Å². The first-order valence-corrected chi connectivity index (χ1v) is 13.4. The molecular weight excluding hydrogens is 490 g/mol. The van der Waals surface area contributed by atoms with Crippen LogP contribution in [-0.2, 0) is 17.1 Å². The molecule has 0 saturated heterocycles. The van der Waals surface area contributed by atoms with Gasteiger partial charge in [0.1, 0.15) is 11.6 Å². The van der Waals surface area contributed by atoms with Crippen molar-refractivity contribution >= 4 is 27.3 Å². The quantitative estimate of drug-likeness (QED) is 0.353. The Bertz CT molecular complexity index is 1620. The fourth-order valence-corrected chi connectivity index (χ4v) is 5.31. The lowest BCUT2D eigenvalue weighted by molar-refractivity contribution is 0.578. The summed E-state index contributed by atoms with van der Waals surface area (Å²) in [5.74, 6) is 7.72. The smallest absolute Gasteiger partial charge is 0.256 e. The maximum atomic E-state index is 12.5. The largest absolute Gasteiger partial charge is 0.397 e. The number of hydrogen-bond acceptors (Lipinski definition) is 9. The molecule has 1 aliphatic carbocycles. The van der Waals surface area contributed by atoms with E-state index in [1.807, 2.05) is 13.2 Å². The Kier molecular flexibility index (Phi) is 6.39. The van der Waals surface area contributed by atoms with Gasteiger partial charge in [0.25, 0.3) is 10.0 Å². The number of rotatable bonds is 7. The van der Waals surface area contributed by atoms with E-state index in [2.05, 4.69) is 56.2 Å². The molecule has 1 unspecified atom stereocenters. The lowest BCUT2D eigenvalue weighted by Gasteiger charge is -2.18. The summed E-state index contributed by atoms with van der Waals surface area (Å²) < 4.78 is 27.7. The number of aryl methyl sites for hydroxylation is 1. The van der Waals surface area contributed by atoms with Gasteiger partial charge in [0.05, 0.1) is 46.2 Å². The highest BCUT2D eigenvalue weighted by Gasteiger charge is 2.37. The number of anilines is 3. The minimum absolute atomic E-state index is 0.113. The third kappa shape index (κ3) is 5.03. The fourth-order valence-electron chi connectivity index (χ4n) is 3.84. The van der Waals surface area contributed by atoms with E-state index in [4.69, 9.17) is 5.73 Å². The maximum absolute atomic E-state index is 12.5. The van der Waals surface area contributed by atoms with E-state index in [0.717, 1.165) is 21.6 Å². The predicted molar refractivity (Wildman–Crippen MR) is 140 cm³/mol. The van der Waals surface area contributed by atoms with E-state index in [-0.39, 0.29) is 11.2 Å². The van der Waals surface area contributed by atoms with E-state index in [1.165, 1.54) is 12.4 Å². The summed E-state index contributed by atoms with van der Waals surface area (Å²) in [5.41, 5.74) is 9.91. The average molecular weight is 518 g/mol. The average Bonchev–Trinajstić information content (AvgIpc) is 3.49. The molecule has 0 bridgehead atoms. The molecule has 5 rings (SSSR count). The van der Waals surface area contributed by atoms with Crippen molar-refractivity contribution in [1.82, 2.24) is 33.9 Å². The summed E-state index contributed by atoms with van der Waals surface area (Å²) >= 11 is 0. The first-order valence-electron chi connectivity index (χ1n) is 11.9. The lowest BCUT2D eigenvalue weighted by atomic mass is 9.95. The van der Waals surface area contributed by atoms with Gasteiger partial charge in [-0.05, 0) is 31.2 Å². The van der Waals surface area contributed by atoms with Gasteiger partial charge < -0.3 is 11.1 Å². The molecule has 1 aliphatic rings. The van der Waals surface area contributed by atoms with Crippen LogP contribution in [0.4, 0.5) is 17.3 Å². The summed E-state index contributed by atoms with van der Waals surface area (Å²) in [6, 6.07) is 1.71. The molecule has 0 aliphatic heterocycles. The molecule has 0 aromatic carbocycles. The van der Waals surface area contributed by atoms with Gasteiger partial charge in [-0.1, -0.05) is 25.7 Å². The third-order valence-electron chi connectivity index (χ3n) is 6.24. The van der Waals surface area contributed by atoms with E-state index < -0.39 is 10.0 Å². The Morgan fingerprint density at radius 2 is 1.97 bits per heavy atom. The summed E-state index contributed by atoms with van der Waals surface area (Å²) in [7, 11) is -1.63. The van der Waals surface area contributed by atoms with Crippen molar-refractivity contribution in [3.05, 3.63) is 59.9 Å². The number of pyridine rings is 1. The number of nitrogen functional groups attached to an aromatic ring is 1. The molecule has 4 heterocycles. The number of nitrogens with one attached hydrogen (secondary N) is 1. The molecule has 1 atom stereocenters. The highest BCUT2D eigenvalue weighted by atomic mass is 32.2. The zero-order valence-corrected chi connectivity index (χ0v) is 21.6. The van der Waals surface area contributed by atoms with Crippen molar-refractivity contribution < 1.29 is 8.42 Å². The Morgan fingerprint density at radius 1 is 1.16 bits per heavy atom. The normalized spacial score (nSPS) is 14.1. The molecule has 0 spiro atoms. The van der Waals surface area contributed by atoms with E-state index in [0.29, 0.717) is 47.1 Å². The molecule has 4 aromatic rings. The zero-order chi connectivity index (χ0) is 26.2. The van der Waals surface area contributed by atoms with E-state index >= 15 is 0 Å². The van der Waals surface area contributed by atoms with Gasteiger partial charge in [-0.2, -0.15) is 14.3 Å². The Hall–Kier alpha value is -4.24. The van der Waals surface area contributed by atoms with Gasteiger partial charge in [0.2, 0.25) is 0 Å². The molecule has 37 heavy (non-hydrogen) atoms. The topological polar surface area (TPSA) is 146 Å². The van der Waals surface area contributed by atoms with Gasteiger partial charge in [-0.15, -0.1) is 0 Å². The molecule has 11 nitrogen and oxygen atoms in total. The van der Waals surface area contributed by atoms with Gasteiger partial charge >= 0.3 is 0 Å². The Balaban J connectivity index is 1.44. The first kappa shape index (κ1) is 24.5. The van der Waals surface area contributed by atoms with Gasteiger partial charge in [0, 0.05) is 31.2 Å². The number of nitrogens with zero attached hydrogens (tertiary/aromatic N) is 7. The minimum Gasteiger partial charge on any atom is -0.397 e. The highest BCUT2D eigenvalue weighted by molar-refractivity contribution is 7.90. The second kappa shape index (κ2) is 9.67. The fraction of sp³-hybridized carbons (Fsp3) is 0.320. The highest BCUT2D eigenvalue weighted by Crippen LogP contribution is 2.34. The van der Waals surface area contributed by atoms with Crippen molar-refractivity contribution in [2.45, 2.75) is 44.3 Å². The number of aromatic nitrogens is 7. The van der Waals surface area contributed by atoms with Crippen LogP contribution < -0.4 is 11.1 Å². The van der Waals surface area contributed by atoms with Crippen LogP contribution in [0.25, 0.3) is 11.4 Å². The van der Waals surface area contributed by atoms with Crippen LogP contribution in [0.3, 0.4) is 0 Å². The van der Waals surface area contributed by atoms with Crippen molar-refractivity contribution in [1.29, 1.82) is 0 Å². The summed E-state index contributed by atoms with van der Waals surface area (Å²) in [4.78, 5) is 13.5. The predicted octanol–water partition coefficient (Wildman–Crippen LogP) is 3.05. The molecular formula is C25H27N9O2S. The SMILES string of the molecule is CCC(C)c1c(Nc2ccnc(-c3cnn(S(=O)(=O)C4CC4)c3)n2)ncc(C#Cc2cnn(C)c2)c1N. The van der Waals surface area contributed by atoms with Crippen LogP contribution in [0, 0.1) is 11.8 Å². The van der Waals surface area contributed by atoms with Crippen molar-refractivity contribution in [2.75, 3.05) is 11.1 Å². The van der Waals surface area contributed by atoms with Crippen LogP contribution in [-0.4, -0.2) is 47.6 Å². The third-order valence-corrected chi connectivity index (χ3v) is 8.27. The Morgan fingerprint density at radius 3 is 2.68 bits per heavy atom.